The van der Waals surface area contributed by atoms with Gasteiger partial charge in [-0.05, 0) is 29.5 Å². The van der Waals surface area contributed by atoms with Crippen LogP contribution in [0, 0.1) is 5.92 Å². The van der Waals surface area contributed by atoms with Crippen molar-refractivity contribution < 1.29 is 22.7 Å². The number of thiophene rings is 1. The number of amides is 2. The van der Waals surface area contributed by atoms with Gasteiger partial charge in [0.1, 0.15) is 11.8 Å². The van der Waals surface area contributed by atoms with Gasteiger partial charge in [-0.3, -0.25) is 14.3 Å². The molecule has 0 bridgehead atoms. The van der Waals surface area contributed by atoms with Gasteiger partial charge in [0.2, 0.25) is 15.9 Å². The lowest BCUT2D eigenvalue weighted by molar-refractivity contribution is -0.118. The van der Waals surface area contributed by atoms with Crippen LogP contribution < -0.4 is 20.1 Å². The SMILES string of the molecule is COc1cc(NC(=O)C(NC(=O)c2cccs2)C(C)C)ccc1NS(C)(=O)=O. The molecule has 2 aromatic rings. The normalized spacial score (nSPS) is 12.3. The summed E-state index contributed by atoms with van der Waals surface area (Å²) < 4.78 is 30.4. The van der Waals surface area contributed by atoms with Gasteiger partial charge in [-0.25, -0.2) is 8.42 Å². The molecule has 2 rings (SSSR count). The number of ether oxygens (including phenoxy) is 1. The quantitative estimate of drug-likeness (QED) is 0.601. The second-order valence-electron chi connectivity index (χ2n) is 6.45. The molecule has 0 aliphatic rings. The average Bonchev–Trinajstić information content (AvgIpc) is 3.13. The van der Waals surface area contributed by atoms with Crippen molar-refractivity contribution in [1.82, 2.24) is 5.32 Å². The third-order valence-corrected chi connectivity index (χ3v) is 5.20. The molecule has 0 spiro atoms. The fourth-order valence-corrected chi connectivity index (χ4v) is 3.62. The zero-order valence-corrected chi connectivity index (χ0v) is 17.6. The highest BCUT2D eigenvalue weighted by molar-refractivity contribution is 7.92. The minimum Gasteiger partial charge on any atom is -0.494 e. The summed E-state index contributed by atoms with van der Waals surface area (Å²) in [4.78, 5) is 25.5. The van der Waals surface area contributed by atoms with Crippen molar-refractivity contribution in [3.8, 4) is 5.75 Å². The third kappa shape index (κ3) is 5.96. The van der Waals surface area contributed by atoms with Crippen molar-refractivity contribution >= 4 is 44.5 Å². The van der Waals surface area contributed by atoms with Crippen LogP contribution in [0.25, 0.3) is 0 Å². The lowest BCUT2D eigenvalue weighted by Gasteiger charge is -2.22. The molecule has 1 aromatic heterocycles. The van der Waals surface area contributed by atoms with Crippen LogP contribution >= 0.6 is 11.3 Å². The molecule has 28 heavy (non-hydrogen) atoms. The molecule has 1 heterocycles. The first kappa shape index (κ1) is 21.7. The van der Waals surface area contributed by atoms with Crippen LogP contribution in [0.1, 0.15) is 23.5 Å². The Morgan fingerprint density at radius 1 is 1.18 bits per heavy atom. The molecule has 0 aliphatic heterocycles. The van der Waals surface area contributed by atoms with Gasteiger partial charge in [-0.2, -0.15) is 0 Å². The highest BCUT2D eigenvalue weighted by atomic mass is 32.2. The van der Waals surface area contributed by atoms with E-state index >= 15 is 0 Å². The summed E-state index contributed by atoms with van der Waals surface area (Å²) in [5.74, 6) is -0.580. The number of sulfonamides is 1. The molecule has 10 heteroatoms. The predicted molar refractivity (Wildman–Crippen MR) is 111 cm³/mol. The topological polar surface area (TPSA) is 114 Å². The van der Waals surface area contributed by atoms with Crippen LogP contribution in [0.3, 0.4) is 0 Å². The van der Waals surface area contributed by atoms with E-state index in [1.54, 1.807) is 23.6 Å². The number of methoxy groups -OCH3 is 1. The summed E-state index contributed by atoms with van der Waals surface area (Å²) in [5, 5.41) is 7.27. The smallest absolute Gasteiger partial charge is 0.262 e. The summed E-state index contributed by atoms with van der Waals surface area (Å²) in [5.41, 5.74) is 0.673. The van der Waals surface area contributed by atoms with E-state index < -0.39 is 16.1 Å². The van der Waals surface area contributed by atoms with E-state index in [1.165, 1.54) is 30.6 Å². The van der Waals surface area contributed by atoms with Gasteiger partial charge < -0.3 is 15.4 Å². The first-order valence-corrected chi connectivity index (χ1v) is 11.2. The summed E-state index contributed by atoms with van der Waals surface area (Å²) in [7, 11) is -2.07. The lowest BCUT2D eigenvalue weighted by Crippen LogP contribution is -2.46. The fourth-order valence-electron chi connectivity index (χ4n) is 2.43. The summed E-state index contributed by atoms with van der Waals surface area (Å²) >= 11 is 1.30. The zero-order chi connectivity index (χ0) is 20.9. The van der Waals surface area contributed by atoms with Crippen LogP contribution in [0.5, 0.6) is 5.75 Å². The molecule has 2 amide bonds. The number of anilines is 2. The van der Waals surface area contributed by atoms with Gasteiger partial charge in [-0.15, -0.1) is 11.3 Å². The van der Waals surface area contributed by atoms with E-state index in [9.17, 15) is 18.0 Å². The van der Waals surface area contributed by atoms with E-state index in [0.717, 1.165) is 6.26 Å². The number of nitrogens with one attached hydrogen (secondary N) is 3. The van der Waals surface area contributed by atoms with Crippen LogP contribution in [0.15, 0.2) is 35.7 Å². The van der Waals surface area contributed by atoms with Crippen LogP contribution in [0.2, 0.25) is 0 Å². The van der Waals surface area contributed by atoms with Gasteiger partial charge in [0, 0.05) is 11.8 Å². The first-order chi connectivity index (χ1) is 13.1. The predicted octanol–water partition coefficient (Wildman–Crippen LogP) is 2.52. The van der Waals surface area contributed by atoms with Crippen LogP contribution in [0.4, 0.5) is 11.4 Å². The highest BCUT2D eigenvalue weighted by Crippen LogP contribution is 2.28. The molecule has 3 N–H and O–H groups in total. The van der Waals surface area contributed by atoms with Crippen molar-refractivity contribution in [3.63, 3.8) is 0 Å². The summed E-state index contributed by atoms with van der Waals surface area (Å²) in [6.07, 6.45) is 1.03. The molecule has 0 saturated carbocycles. The maximum absolute atomic E-state index is 12.7. The Morgan fingerprint density at radius 2 is 1.89 bits per heavy atom. The number of hydrogen-bond donors (Lipinski definition) is 3. The van der Waals surface area contributed by atoms with Gasteiger partial charge in [0.15, 0.2) is 0 Å². The molecule has 0 saturated heterocycles. The highest BCUT2D eigenvalue weighted by Gasteiger charge is 2.25. The molecule has 1 unspecified atom stereocenters. The number of rotatable bonds is 8. The Bertz CT molecular complexity index is 940. The Labute approximate surface area is 168 Å². The number of carbonyl (C=O) groups is 2. The van der Waals surface area contributed by atoms with Crippen LogP contribution in [-0.4, -0.2) is 39.6 Å². The number of hydrogen-bond acceptors (Lipinski definition) is 6. The van der Waals surface area contributed by atoms with E-state index in [-0.39, 0.29) is 29.2 Å². The number of carbonyl (C=O) groups excluding carboxylic acids is 2. The standard InChI is InChI=1S/C18H23N3O5S2/c1-11(2)16(20-17(22)15-6-5-9-27-15)18(23)19-12-7-8-13(14(10-12)26-3)21-28(4,24)25/h5-11,16,21H,1-4H3,(H,19,23)(H,20,22). The minimum absolute atomic E-state index is 0.142. The Morgan fingerprint density at radius 3 is 2.43 bits per heavy atom. The van der Waals surface area contributed by atoms with Crippen LogP contribution in [-0.2, 0) is 14.8 Å². The Balaban J connectivity index is 2.15. The summed E-state index contributed by atoms with van der Waals surface area (Å²) in [6.45, 7) is 3.66. The second kappa shape index (κ2) is 9.07. The van der Waals surface area contributed by atoms with E-state index in [2.05, 4.69) is 15.4 Å². The van der Waals surface area contributed by atoms with Gasteiger partial charge in [0.05, 0.1) is 23.9 Å². The fraction of sp³-hybridized carbons (Fsp3) is 0.333. The second-order valence-corrected chi connectivity index (χ2v) is 9.15. The maximum atomic E-state index is 12.7. The maximum Gasteiger partial charge on any atom is 0.262 e. The zero-order valence-electron chi connectivity index (χ0n) is 16.0. The molecule has 0 aliphatic carbocycles. The first-order valence-electron chi connectivity index (χ1n) is 8.41. The van der Waals surface area contributed by atoms with Gasteiger partial charge in [0.25, 0.3) is 5.91 Å². The number of benzene rings is 1. The third-order valence-electron chi connectivity index (χ3n) is 3.75. The van der Waals surface area contributed by atoms with E-state index in [1.807, 2.05) is 13.8 Å². The lowest BCUT2D eigenvalue weighted by atomic mass is 10.0. The molecular weight excluding hydrogens is 402 g/mol. The minimum atomic E-state index is -3.47. The van der Waals surface area contributed by atoms with E-state index in [0.29, 0.717) is 10.6 Å². The van der Waals surface area contributed by atoms with Crippen molar-refractivity contribution in [1.29, 1.82) is 0 Å². The molecule has 1 atom stereocenters. The van der Waals surface area contributed by atoms with Crippen molar-refractivity contribution in [2.75, 3.05) is 23.4 Å². The molecule has 1 aromatic carbocycles. The van der Waals surface area contributed by atoms with Gasteiger partial charge in [-0.1, -0.05) is 19.9 Å². The van der Waals surface area contributed by atoms with Gasteiger partial charge >= 0.3 is 0 Å². The monoisotopic (exact) mass is 425 g/mol. The van der Waals surface area contributed by atoms with Crippen molar-refractivity contribution in [2.45, 2.75) is 19.9 Å². The Kier molecular flexibility index (Phi) is 7.03. The molecule has 152 valence electrons. The largest absolute Gasteiger partial charge is 0.494 e. The molecule has 0 radical (unpaired) electrons. The molecular formula is C18H23N3O5S2. The molecule has 0 fully saturated rings. The van der Waals surface area contributed by atoms with Crippen molar-refractivity contribution in [2.24, 2.45) is 5.92 Å². The Hall–Kier alpha value is -2.59. The average molecular weight is 426 g/mol. The van der Waals surface area contributed by atoms with E-state index in [4.69, 9.17) is 4.74 Å². The molecule has 8 nitrogen and oxygen atoms in total. The summed E-state index contributed by atoms with van der Waals surface area (Å²) in [6, 6.07) is 7.26. The van der Waals surface area contributed by atoms with Crippen molar-refractivity contribution in [3.05, 3.63) is 40.6 Å².